The molecule has 30 heavy (non-hydrogen) atoms. The van der Waals surface area contributed by atoms with Gasteiger partial charge in [-0.15, -0.1) is 0 Å². The number of amides is 3. The Balaban J connectivity index is 2.41. The van der Waals surface area contributed by atoms with Gasteiger partial charge in [0.15, 0.2) is 0 Å². The summed E-state index contributed by atoms with van der Waals surface area (Å²) in [4.78, 5) is 61.5. The van der Waals surface area contributed by atoms with Crippen molar-refractivity contribution in [2.45, 2.75) is 58.4 Å². The zero-order chi connectivity index (χ0) is 22.7. The van der Waals surface area contributed by atoms with E-state index in [1.54, 1.807) is 11.9 Å². The molecule has 0 spiro atoms. The molecule has 0 saturated carbocycles. The Kier molecular flexibility index (Phi) is 10.5. The van der Waals surface area contributed by atoms with Crippen molar-refractivity contribution in [3.63, 3.8) is 0 Å². The predicted molar refractivity (Wildman–Crippen MR) is 109 cm³/mol. The van der Waals surface area contributed by atoms with Crippen LogP contribution in [-0.4, -0.2) is 58.5 Å². The number of likely N-dealkylation sites (N-methyl/N-ethyl adjacent to an activating group) is 1. The van der Waals surface area contributed by atoms with E-state index in [4.69, 9.17) is 0 Å². The van der Waals surface area contributed by atoms with Crippen molar-refractivity contribution in [3.8, 4) is 0 Å². The van der Waals surface area contributed by atoms with E-state index < -0.39 is 35.0 Å². The first-order valence-electron chi connectivity index (χ1n) is 9.98. The average molecular weight is 427 g/mol. The zero-order valence-corrected chi connectivity index (χ0v) is 17.6. The van der Waals surface area contributed by atoms with Gasteiger partial charge in [0.2, 0.25) is 17.6 Å². The molecule has 168 valence electrons. The molecule has 0 radical (unpaired) electrons. The van der Waals surface area contributed by atoms with E-state index in [1.807, 2.05) is 0 Å². The van der Waals surface area contributed by atoms with E-state index in [1.165, 1.54) is 7.05 Å². The lowest BCUT2D eigenvalue weighted by Crippen LogP contribution is -2.48. The number of carbonyl (C=O) groups excluding carboxylic acids is 3. The Hall–Kier alpha value is -2.98. The van der Waals surface area contributed by atoms with Gasteiger partial charge in [-0.3, -0.25) is 19.4 Å². The van der Waals surface area contributed by atoms with Crippen LogP contribution in [-0.2, 0) is 9.59 Å². The van der Waals surface area contributed by atoms with Crippen molar-refractivity contribution in [1.82, 2.24) is 25.1 Å². The van der Waals surface area contributed by atoms with Crippen molar-refractivity contribution in [1.29, 1.82) is 0 Å². The fourth-order valence-corrected chi connectivity index (χ4v) is 2.79. The first-order valence-corrected chi connectivity index (χ1v) is 9.98. The van der Waals surface area contributed by atoms with Crippen LogP contribution in [0.3, 0.4) is 0 Å². The molecule has 0 aliphatic carbocycles. The van der Waals surface area contributed by atoms with Gasteiger partial charge >= 0.3 is 11.7 Å². The van der Waals surface area contributed by atoms with E-state index in [0.29, 0.717) is 17.2 Å². The largest absolute Gasteiger partial charge is 0.350 e. The number of aromatic nitrogens is 2. The number of hydrogen-bond donors (Lipinski definition) is 3. The van der Waals surface area contributed by atoms with Crippen LogP contribution in [0.15, 0.2) is 15.8 Å². The normalized spacial score (nSPS) is 11.6. The highest BCUT2D eigenvalue weighted by molar-refractivity contribution is 5.84. The molecule has 3 amide bonds. The molecule has 0 aromatic carbocycles. The number of aromatic amines is 1. The van der Waals surface area contributed by atoms with E-state index >= 15 is 0 Å². The van der Waals surface area contributed by atoms with Crippen molar-refractivity contribution in [2.75, 3.05) is 20.1 Å². The van der Waals surface area contributed by atoms with Crippen LogP contribution < -0.4 is 21.9 Å². The second-order valence-electron chi connectivity index (χ2n) is 7.18. The molecule has 0 unspecified atom stereocenters. The Bertz CT molecular complexity index is 850. The van der Waals surface area contributed by atoms with Gasteiger partial charge in [0.1, 0.15) is 0 Å². The maximum Gasteiger partial charge on any atom is 0.336 e. The molecule has 1 aromatic rings. The summed E-state index contributed by atoms with van der Waals surface area (Å²) in [5, 5.41) is 5.17. The number of unbranched alkanes of at least 4 members (excludes halogenated alkanes) is 4. The van der Waals surface area contributed by atoms with Crippen molar-refractivity contribution in [2.24, 2.45) is 0 Å². The molecule has 0 saturated heterocycles. The van der Waals surface area contributed by atoms with Crippen LogP contribution in [0.5, 0.6) is 0 Å². The Morgan fingerprint density at radius 1 is 1.17 bits per heavy atom. The molecule has 1 heterocycles. The SMILES string of the molecule is CCCCCCCC(=O)NCC(=O)N[C@@H](C)CN(C)C(=O)n1cc(F)c(=O)[nH]c1=O. The topological polar surface area (TPSA) is 133 Å². The summed E-state index contributed by atoms with van der Waals surface area (Å²) in [6.07, 6.45) is 6.00. The molecular formula is C19H30FN5O5. The standard InChI is InChI=1S/C19H30FN5O5/c1-4-5-6-7-8-9-15(26)21-10-16(27)22-13(2)11-24(3)19(30)25-12-14(20)17(28)23-18(25)29/h12-13H,4-11H2,1-3H3,(H,21,26)(H,22,27)(H,23,28,29)/t13-/m0/s1. The number of carbonyl (C=O) groups is 3. The summed E-state index contributed by atoms with van der Waals surface area (Å²) in [5.74, 6) is -1.88. The Morgan fingerprint density at radius 3 is 2.50 bits per heavy atom. The number of nitrogens with one attached hydrogen (secondary N) is 3. The Labute approximate surface area is 173 Å². The van der Waals surface area contributed by atoms with Gasteiger partial charge in [0, 0.05) is 26.1 Å². The molecule has 11 heteroatoms. The van der Waals surface area contributed by atoms with Crippen LogP contribution in [0.4, 0.5) is 9.18 Å². The quantitative estimate of drug-likeness (QED) is 0.444. The molecular weight excluding hydrogens is 397 g/mol. The van der Waals surface area contributed by atoms with Gasteiger partial charge in [-0.25, -0.2) is 14.2 Å². The van der Waals surface area contributed by atoms with Crippen molar-refractivity contribution < 1.29 is 18.8 Å². The van der Waals surface area contributed by atoms with Crippen molar-refractivity contribution in [3.05, 3.63) is 32.9 Å². The third kappa shape index (κ3) is 8.58. The highest BCUT2D eigenvalue weighted by atomic mass is 19.1. The maximum absolute atomic E-state index is 13.3. The molecule has 0 fully saturated rings. The predicted octanol–water partition coefficient (Wildman–Crippen LogP) is 0.557. The average Bonchev–Trinajstić information content (AvgIpc) is 2.68. The molecule has 1 rings (SSSR count). The second kappa shape index (κ2) is 12.6. The smallest absolute Gasteiger partial charge is 0.336 e. The van der Waals surface area contributed by atoms with Crippen LogP contribution in [0.25, 0.3) is 0 Å². The van der Waals surface area contributed by atoms with Crippen LogP contribution in [0, 0.1) is 5.82 Å². The number of H-pyrrole nitrogens is 1. The van der Waals surface area contributed by atoms with Crippen LogP contribution in [0.1, 0.15) is 52.4 Å². The lowest BCUT2D eigenvalue weighted by molar-refractivity contribution is -0.126. The summed E-state index contributed by atoms with van der Waals surface area (Å²) in [6.45, 7) is 3.58. The third-order valence-electron chi connectivity index (χ3n) is 4.34. The van der Waals surface area contributed by atoms with Gasteiger partial charge in [-0.2, -0.15) is 4.39 Å². The van der Waals surface area contributed by atoms with E-state index in [9.17, 15) is 28.4 Å². The molecule has 3 N–H and O–H groups in total. The molecule has 0 aliphatic heterocycles. The highest BCUT2D eigenvalue weighted by Gasteiger charge is 2.18. The Morgan fingerprint density at radius 2 is 1.83 bits per heavy atom. The minimum absolute atomic E-state index is 0.0170. The van der Waals surface area contributed by atoms with Crippen LogP contribution >= 0.6 is 0 Å². The fraction of sp³-hybridized carbons (Fsp3) is 0.632. The van der Waals surface area contributed by atoms with Crippen LogP contribution in [0.2, 0.25) is 0 Å². The first-order chi connectivity index (χ1) is 14.1. The maximum atomic E-state index is 13.3. The summed E-state index contributed by atoms with van der Waals surface area (Å²) in [6, 6.07) is -1.37. The number of rotatable bonds is 11. The molecule has 1 atom stereocenters. The second-order valence-corrected chi connectivity index (χ2v) is 7.18. The molecule has 0 bridgehead atoms. The van der Waals surface area contributed by atoms with Crippen molar-refractivity contribution >= 4 is 17.8 Å². The molecule has 1 aromatic heterocycles. The minimum atomic E-state index is -1.26. The van der Waals surface area contributed by atoms with E-state index in [0.717, 1.165) is 37.0 Å². The molecule has 10 nitrogen and oxygen atoms in total. The highest BCUT2D eigenvalue weighted by Crippen LogP contribution is 2.04. The van der Waals surface area contributed by atoms with Gasteiger partial charge in [-0.1, -0.05) is 32.6 Å². The zero-order valence-electron chi connectivity index (χ0n) is 17.6. The van der Waals surface area contributed by atoms with E-state index in [-0.39, 0.29) is 19.0 Å². The first kappa shape index (κ1) is 25.1. The van der Waals surface area contributed by atoms with E-state index in [2.05, 4.69) is 17.6 Å². The fourth-order valence-electron chi connectivity index (χ4n) is 2.79. The molecule has 0 aliphatic rings. The summed E-state index contributed by atoms with van der Waals surface area (Å²) in [7, 11) is 1.36. The van der Waals surface area contributed by atoms with Gasteiger partial charge in [-0.05, 0) is 13.3 Å². The number of halogens is 1. The summed E-state index contributed by atoms with van der Waals surface area (Å²) < 4.78 is 13.8. The lowest BCUT2D eigenvalue weighted by atomic mass is 10.1. The summed E-state index contributed by atoms with van der Waals surface area (Å²) >= 11 is 0. The van der Waals surface area contributed by atoms with Gasteiger partial charge < -0.3 is 15.5 Å². The minimum Gasteiger partial charge on any atom is -0.350 e. The third-order valence-corrected chi connectivity index (χ3v) is 4.34. The summed E-state index contributed by atoms with van der Waals surface area (Å²) in [5.41, 5.74) is -2.28. The number of hydrogen-bond acceptors (Lipinski definition) is 5. The van der Waals surface area contributed by atoms with Gasteiger partial charge in [0.05, 0.1) is 12.7 Å². The number of nitrogens with zero attached hydrogens (tertiary/aromatic N) is 2. The lowest BCUT2D eigenvalue weighted by Gasteiger charge is -2.22. The monoisotopic (exact) mass is 427 g/mol. The van der Waals surface area contributed by atoms with Gasteiger partial charge in [0.25, 0.3) is 5.56 Å².